The number of piperidine rings is 1. The van der Waals surface area contributed by atoms with Crippen LogP contribution >= 0.6 is 11.6 Å². The van der Waals surface area contributed by atoms with Gasteiger partial charge in [-0.05, 0) is 56.0 Å². The number of likely N-dealkylation sites (tertiary alicyclic amines) is 1. The third-order valence-electron chi connectivity index (χ3n) is 6.21. The molecule has 4 aromatic rings. The summed E-state index contributed by atoms with van der Waals surface area (Å²) >= 11 is 6.57. The van der Waals surface area contributed by atoms with E-state index in [2.05, 4.69) is 27.9 Å². The van der Waals surface area contributed by atoms with Crippen molar-refractivity contribution in [3.8, 4) is 40.9 Å². The van der Waals surface area contributed by atoms with Crippen LogP contribution in [0.1, 0.15) is 36.9 Å². The van der Waals surface area contributed by atoms with Gasteiger partial charge < -0.3 is 15.4 Å². The highest BCUT2D eigenvalue weighted by Crippen LogP contribution is 2.36. The highest BCUT2D eigenvalue weighted by Gasteiger charge is 2.29. The number of ether oxygens (including phenoxy) is 1. The van der Waals surface area contributed by atoms with Gasteiger partial charge >= 0.3 is 0 Å². The first-order chi connectivity index (χ1) is 18.0. The third-order valence-corrected chi connectivity index (χ3v) is 6.50. The lowest BCUT2D eigenvalue weighted by molar-refractivity contribution is -0.126. The fourth-order valence-electron chi connectivity index (χ4n) is 4.52. The number of hydrogen-bond donors (Lipinski definition) is 1. The SMILES string of the molecule is CC#CC(=O)N1CCCC(c2nc(-c3ccc(Oc4cc(C#N)ccn4)c(Cl)c3)n3c(N)nccc23)C1. The van der Waals surface area contributed by atoms with E-state index < -0.39 is 0 Å². The van der Waals surface area contributed by atoms with Gasteiger partial charge in [0.05, 0.1) is 27.9 Å². The number of halogens is 1. The van der Waals surface area contributed by atoms with Gasteiger partial charge in [-0.15, -0.1) is 0 Å². The van der Waals surface area contributed by atoms with Crippen molar-refractivity contribution < 1.29 is 9.53 Å². The van der Waals surface area contributed by atoms with E-state index in [1.807, 2.05) is 12.1 Å². The smallest absolute Gasteiger partial charge is 0.298 e. The van der Waals surface area contributed by atoms with Crippen LogP contribution in [0.2, 0.25) is 5.02 Å². The number of hydrogen-bond acceptors (Lipinski definition) is 7. The van der Waals surface area contributed by atoms with Crippen molar-refractivity contribution in [2.75, 3.05) is 18.8 Å². The normalized spacial score (nSPS) is 15.1. The van der Waals surface area contributed by atoms with Crippen LogP contribution in [-0.4, -0.2) is 43.2 Å². The van der Waals surface area contributed by atoms with Crippen LogP contribution in [0.3, 0.4) is 0 Å². The molecule has 1 unspecified atom stereocenters. The minimum absolute atomic E-state index is 0.0264. The number of nitrogens with two attached hydrogens (primary N) is 1. The monoisotopic (exact) mass is 511 g/mol. The van der Waals surface area contributed by atoms with Gasteiger partial charge in [-0.2, -0.15) is 5.26 Å². The molecule has 9 nitrogen and oxygen atoms in total. The zero-order chi connectivity index (χ0) is 25.9. The number of carbonyl (C=O) groups excluding carboxylic acids is 1. The van der Waals surface area contributed by atoms with Crippen LogP contribution in [0.15, 0.2) is 48.8 Å². The lowest BCUT2D eigenvalue weighted by Gasteiger charge is -2.30. The number of nitrogens with zero attached hydrogens (tertiary/aromatic N) is 6. The van der Waals surface area contributed by atoms with Gasteiger partial charge in [0.2, 0.25) is 11.8 Å². The van der Waals surface area contributed by atoms with Crippen LogP contribution in [0.25, 0.3) is 16.9 Å². The maximum atomic E-state index is 12.4. The Morgan fingerprint density at radius 2 is 2.05 bits per heavy atom. The van der Waals surface area contributed by atoms with Crippen LogP contribution in [0.4, 0.5) is 5.95 Å². The first-order valence-electron chi connectivity index (χ1n) is 11.7. The number of anilines is 1. The van der Waals surface area contributed by atoms with E-state index in [4.69, 9.17) is 32.3 Å². The van der Waals surface area contributed by atoms with E-state index in [1.54, 1.807) is 40.6 Å². The molecule has 10 heteroatoms. The fourth-order valence-corrected chi connectivity index (χ4v) is 4.74. The summed E-state index contributed by atoms with van der Waals surface area (Å²) < 4.78 is 7.60. The number of aromatic nitrogens is 4. The molecule has 1 amide bonds. The van der Waals surface area contributed by atoms with E-state index in [0.29, 0.717) is 41.2 Å². The first-order valence-corrected chi connectivity index (χ1v) is 12.0. The quantitative estimate of drug-likeness (QED) is 0.402. The number of fused-ring (bicyclic) bond motifs is 1. The molecule has 3 aromatic heterocycles. The van der Waals surface area contributed by atoms with Gasteiger partial charge in [0.15, 0.2) is 0 Å². The number of nitriles is 1. The fraction of sp³-hybridized carbons (Fsp3) is 0.222. The topological polar surface area (TPSA) is 122 Å². The number of pyridine rings is 1. The minimum atomic E-state index is -0.172. The lowest BCUT2D eigenvalue weighted by Crippen LogP contribution is -2.38. The largest absolute Gasteiger partial charge is 0.437 e. The summed E-state index contributed by atoms with van der Waals surface area (Å²) in [6.45, 7) is 2.87. The number of benzene rings is 1. The molecule has 1 aromatic carbocycles. The Morgan fingerprint density at radius 3 is 2.84 bits per heavy atom. The van der Waals surface area contributed by atoms with E-state index >= 15 is 0 Å². The highest BCUT2D eigenvalue weighted by atomic mass is 35.5. The summed E-state index contributed by atoms with van der Waals surface area (Å²) in [6.07, 6.45) is 4.90. The average molecular weight is 512 g/mol. The zero-order valence-electron chi connectivity index (χ0n) is 20.0. The number of amides is 1. The summed E-state index contributed by atoms with van der Waals surface area (Å²) in [6, 6.07) is 12.3. The van der Waals surface area contributed by atoms with Gasteiger partial charge in [-0.1, -0.05) is 17.5 Å². The maximum absolute atomic E-state index is 12.4. The molecule has 1 fully saturated rings. The number of carbonyl (C=O) groups is 1. The van der Waals surface area contributed by atoms with E-state index in [0.717, 1.165) is 29.6 Å². The summed E-state index contributed by atoms with van der Waals surface area (Å²) in [5, 5.41) is 9.45. The van der Waals surface area contributed by atoms with Gasteiger partial charge in [0.25, 0.3) is 5.91 Å². The van der Waals surface area contributed by atoms with Crippen molar-refractivity contribution >= 4 is 29.0 Å². The van der Waals surface area contributed by atoms with Crippen LogP contribution < -0.4 is 10.5 Å². The Kier molecular flexibility index (Phi) is 6.63. The lowest BCUT2D eigenvalue weighted by atomic mass is 9.94. The molecule has 0 bridgehead atoms. The van der Waals surface area contributed by atoms with Crippen LogP contribution in [0.5, 0.6) is 11.6 Å². The molecule has 4 heterocycles. The van der Waals surface area contributed by atoms with Gasteiger partial charge in [0, 0.05) is 43.0 Å². The van der Waals surface area contributed by atoms with Crippen molar-refractivity contribution in [3.05, 3.63) is 65.1 Å². The number of imidazole rings is 1. The van der Waals surface area contributed by atoms with Crippen LogP contribution in [-0.2, 0) is 4.79 Å². The molecule has 2 N–H and O–H groups in total. The van der Waals surface area contributed by atoms with E-state index in [-0.39, 0.29) is 17.7 Å². The van der Waals surface area contributed by atoms with Crippen molar-refractivity contribution in [3.63, 3.8) is 0 Å². The molecule has 0 saturated carbocycles. The molecule has 1 atom stereocenters. The van der Waals surface area contributed by atoms with E-state index in [1.165, 1.54) is 12.3 Å². The van der Waals surface area contributed by atoms with Crippen molar-refractivity contribution in [2.24, 2.45) is 0 Å². The molecule has 0 aliphatic carbocycles. The Morgan fingerprint density at radius 1 is 1.22 bits per heavy atom. The van der Waals surface area contributed by atoms with Crippen molar-refractivity contribution in [1.82, 2.24) is 24.3 Å². The standard InChI is InChI=1S/C27H22ClN7O2/c1-2-4-24(36)34-12-3-5-19(16-34)25-21-9-11-32-27(30)35(21)26(33-25)18-6-7-22(20(28)14-18)37-23-13-17(15-29)8-10-31-23/h6-11,13-14,19H,3,5,12,16H2,1H3,(H2,30,32). The van der Waals surface area contributed by atoms with Crippen molar-refractivity contribution in [2.45, 2.75) is 25.7 Å². The summed E-state index contributed by atoms with van der Waals surface area (Å²) in [7, 11) is 0. The number of nitrogen functional groups attached to an aromatic ring is 1. The van der Waals surface area contributed by atoms with E-state index in [9.17, 15) is 4.79 Å². The molecule has 1 aliphatic rings. The predicted molar refractivity (Wildman–Crippen MR) is 139 cm³/mol. The molecule has 1 aliphatic heterocycles. The summed E-state index contributed by atoms with van der Waals surface area (Å²) in [5.74, 6) is 6.71. The molecule has 0 radical (unpaired) electrons. The Bertz CT molecular complexity index is 1610. The van der Waals surface area contributed by atoms with Crippen molar-refractivity contribution in [1.29, 1.82) is 5.26 Å². The maximum Gasteiger partial charge on any atom is 0.298 e. The second-order valence-corrected chi connectivity index (χ2v) is 8.96. The minimum Gasteiger partial charge on any atom is -0.437 e. The number of rotatable bonds is 4. The second kappa shape index (κ2) is 10.2. The average Bonchev–Trinajstić information content (AvgIpc) is 3.31. The molecule has 0 spiro atoms. The third kappa shape index (κ3) is 4.77. The molecule has 184 valence electrons. The molecule has 5 rings (SSSR count). The molecular formula is C27H22ClN7O2. The van der Waals surface area contributed by atoms with Gasteiger partial charge in [0.1, 0.15) is 11.6 Å². The summed E-state index contributed by atoms with van der Waals surface area (Å²) in [5.41, 5.74) is 9.12. The Hall–Kier alpha value is -4.60. The predicted octanol–water partition coefficient (Wildman–Crippen LogP) is 4.42. The van der Waals surface area contributed by atoms with Crippen LogP contribution in [0, 0.1) is 23.2 Å². The Labute approximate surface area is 218 Å². The molecule has 1 saturated heterocycles. The summed E-state index contributed by atoms with van der Waals surface area (Å²) in [4.78, 5) is 27.6. The zero-order valence-corrected chi connectivity index (χ0v) is 20.7. The van der Waals surface area contributed by atoms with Gasteiger partial charge in [-0.25, -0.2) is 15.0 Å². The molecule has 37 heavy (non-hydrogen) atoms. The highest BCUT2D eigenvalue weighted by molar-refractivity contribution is 6.32. The van der Waals surface area contributed by atoms with Gasteiger partial charge in [-0.3, -0.25) is 9.20 Å². The molecular weight excluding hydrogens is 490 g/mol. The Balaban J connectivity index is 1.51. The first kappa shape index (κ1) is 24.1. The second-order valence-electron chi connectivity index (χ2n) is 8.55.